The molecule has 0 radical (unpaired) electrons. The van der Waals surface area contributed by atoms with E-state index in [4.69, 9.17) is 4.74 Å². The number of piperidine rings is 1. The average molecular weight is 261 g/mol. The highest BCUT2D eigenvalue weighted by atomic mass is 16.6. The maximum Gasteiger partial charge on any atom is 0.410 e. The predicted molar refractivity (Wildman–Crippen MR) is 71.9 cm³/mol. The van der Waals surface area contributed by atoms with E-state index in [0.717, 1.165) is 5.56 Å². The molecule has 1 aromatic carbocycles. The smallest absolute Gasteiger partial charge is 0.410 e. The quantitative estimate of drug-likeness (QED) is 0.839. The normalized spacial score (nSPS) is 19.3. The third-order valence-corrected chi connectivity index (χ3v) is 3.35. The summed E-state index contributed by atoms with van der Waals surface area (Å²) in [6.07, 6.45) is 1.25. The highest BCUT2D eigenvalue weighted by Crippen LogP contribution is 2.19. The highest BCUT2D eigenvalue weighted by Gasteiger charge is 2.31. The van der Waals surface area contributed by atoms with E-state index in [1.165, 1.54) is 0 Å². The Morgan fingerprint density at radius 3 is 2.79 bits per heavy atom. The third kappa shape index (κ3) is 3.56. The van der Waals surface area contributed by atoms with Crippen molar-refractivity contribution in [1.29, 1.82) is 0 Å². The highest BCUT2D eigenvalue weighted by molar-refractivity contribution is 5.82. The largest absolute Gasteiger partial charge is 0.450 e. The van der Waals surface area contributed by atoms with Gasteiger partial charge in [-0.15, -0.1) is 0 Å². The molecule has 0 spiro atoms. The van der Waals surface area contributed by atoms with Crippen molar-refractivity contribution in [3.05, 3.63) is 35.9 Å². The molecule has 1 atom stereocenters. The summed E-state index contributed by atoms with van der Waals surface area (Å²) in [5.41, 5.74) is 1.14. The molecule has 1 aromatic rings. The lowest BCUT2D eigenvalue weighted by Crippen LogP contribution is -2.47. The number of carbonyl (C=O) groups excluding carboxylic acids is 2. The minimum Gasteiger partial charge on any atom is -0.450 e. The summed E-state index contributed by atoms with van der Waals surface area (Å²) in [5, 5.41) is 0. The SMILES string of the molecule is CCOC(=O)N1CCC(=O)CC1Cc1ccccc1. The number of rotatable bonds is 3. The number of hydrogen-bond acceptors (Lipinski definition) is 3. The van der Waals surface area contributed by atoms with Gasteiger partial charge in [-0.2, -0.15) is 0 Å². The van der Waals surface area contributed by atoms with E-state index in [2.05, 4.69) is 0 Å². The van der Waals surface area contributed by atoms with Gasteiger partial charge in [0, 0.05) is 25.4 Å². The standard InChI is InChI=1S/C15H19NO3/c1-2-19-15(18)16-9-8-14(17)11-13(16)10-12-6-4-3-5-7-12/h3-7,13H,2,8-11H2,1H3. The molecule has 102 valence electrons. The van der Waals surface area contributed by atoms with Crippen LogP contribution in [0.1, 0.15) is 25.3 Å². The zero-order valence-electron chi connectivity index (χ0n) is 11.2. The Labute approximate surface area is 113 Å². The Hall–Kier alpha value is -1.84. The maximum absolute atomic E-state index is 11.9. The summed E-state index contributed by atoms with van der Waals surface area (Å²) in [6.45, 7) is 2.62. The Kier molecular flexibility index (Phi) is 4.55. The molecule has 1 amide bonds. The predicted octanol–water partition coefficient (Wildman–Crippen LogP) is 2.42. The fourth-order valence-corrected chi connectivity index (χ4v) is 2.42. The molecular weight excluding hydrogens is 242 g/mol. The molecule has 1 unspecified atom stereocenters. The molecule has 1 heterocycles. The van der Waals surface area contributed by atoms with Crippen LogP contribution in [-0.4, -0.2) is 36.0 Å². The molecule has 2 rings (SSSR count). The van der Waals surface area contributed by atoms with Gasteiger partial charge in [-0.3, -0.25) is 4.79 Å². The minimum absolute atomic E-state index is 0.0808. The second kappa shape index (κ2) is 6.36. The minimum atomic E-state index is -0.309. The van der Waals surface area contributed by atoms with Gasteiger partial charge in [-0.05, 0) is 18.9 Å². The van der Waals surface area contributed by atoms with Gasteiger partial charge in [0.1, 0.15) is 5.78 Å². The number of benzene rings is 1. The maximum atomic E-state index is 11.9. The molecule has 0 saturated carbocycles. The number of carbonyl (C=O) groups is 2. The van der Waals surface area contributed by atoms with E-state index < -0.39 is 0 Å². The number of amides is 1. The molecule has 4 heteroatoms. The van der Waals surface area contributed by atoms with Gasteiger partial charge in [-0.1, -0.05) is 30.3 Å². The number of ketones is 1. The second-order valence-electron chi connectivity index (χ2n) is 4.73. The number of Topliss-reactive ketones (excluding diaryl/α,β-unsaturated/α-hetero) is 1. The van der Waals surface area contributed by atoms with Crippen LogP contribution in [0.4, 0.5) is 4.79 Å². The molecule has 4 nitrogen and oxygen atoms in total. The van der Waals surface area contributed by atoms with Crippen LogP contribution in [0.2, 0.25) is 0 Å². The lowest BCUT2D eigenvalue weighted by atomic mass is 9.95. The van der Waals surface area contributed by atoms with Gasteiger partial charge in [-0.25, -0.2) is 4.79 Å². The van der Waals surface area contributed by atoms with Crippen LogP contribution in [0.3, 0.4) is 0 Å². The molecule has 0 N–H and O–H groups in total. The van der Waals surface area contributed by atoms with Crippen LogP contribution in [0.15, 0.2) is 30.3 Å². The van der Waals surface area contributed by atoms with Crippen molar-refractivity contribution < 1.29 is 14.3 Å². The summed E-state index contributed by atoms with van der Waals surface area (Å²) in [5.74, 6) is 0.224. The van der Waals surface area contributed by atoms with E-state index in [1.54, 1.807) is 11.8 Å². The first-order valence-electron chi connectivity index (χ1n) is 6.69. The van der Waals surface area contributed by atoms with E-state index in [9.17, 15) is 9.59 Å². The number of likely N-dealkylation sites (tertiary alicyclic amines) is 1. The van der Waals surface area contributed by atoms with Crippen molar-refractivity contribution in [3.63, 3.8) is 0 Å². The summed E-state index contributed by atoms with van der Waals surface area (Å²) in [7, 11) is 0. The Bertz CT molecular complexity index is 444. The first kappa shape index (κ1) is 13.6. The fourth-order valence-electron chi connectivity index (χ4n) is 2.42. The van der Waals surface area contributed by atoms with Crippen LogP contribution < -0.4 is 0 Å². The van der Waals surface area contributed by atoms with Crippen LogP contribution in [-0.2, 0) is 16.0 Å². The van der Waals surface area contributed by atoms with Gasteiger partial charge in [0.2, 0.25) is 0 Å². The molecule has 1 fully saturated rings. The molecule has 19 heavy (non-hydrogen) atoms. The Balaban J connectivity index is 2.08. The van der Waals surface area contributed by atoms with Gasteiger partial charge in [0.25, 0.3) is 0 Å². The van der Waals surface area contributed by atoms with Crippen molar-refractivity contribution in [2.45, 2.75) is 32.2 Å². The summed E-state index contributed by atoms with van der Waals surface area (Å²) in [6, 6.07) is 9.84. The summed E-state index contributed by atoms with van der Waals surface area (Å²) in [4.78, 5) is 25.2. The van der Waals surface area contributed by atoms with Crippen LogP contribution >= 0.6 is 0 Å². The average Bonchev–Trinajstić information content (AvgIpc) is 2.40. The first-order valence-corrected chi connectivity index (χ1v) is 6.69. The van der Waals surface area contributed by atoms with Crippen molar-refractivity contribution in [1.82, 2.24) is 4.90 Å². The van der Waals surface area contributed by atoms with Gasteiger partial charge < -0.3 is 9.64 Å². The molecule has 0 bridgehead atoms. The van der Waals surface area contributed by atoms with Crippen molar-refractivity contribution in [2.24, 2.45) is 0 Å². The Morgan fingerprint density at radius 1 is 1.37 bits per heavy atom. The fraction of sp³-hybridized carbons (Fsp3) is 0.467. The van der Waals surface area contributed by atoms with Crippen LogP contribution in [0, 0.1) is 0 Å². The van der Waals surface area contributed by atoms with Gasteiger partial charge in [0.05, 0.1) is 6.61 Å². The number of nitrogens with zero attached hydrogens (tertiary/aromatic N) is 1. The van der Waals surface area contributed by atoms with E-state index >= 15 is 0 Å². The van der Waals surface area contributed by atoms with Crippen molar-refractivity contribution in [3.8, 4) is 0 Å². The molecule has 1 aliphatic rings. The van der Waals surface area contributed by atoms with Gasteiger partial charge >= 0.3 is 6.09 Å². The molecular formula is C15H19NO3. The van der Waals surface area contributed by atoms with Gasteiger partial charge in [0.15, 0.2) is 0 Å². The Morgan fingerprint density at radius 2 is 2.11 bits per heavy atom. The zero-order valence-corrected chi connectivity index (χ0v) is 11.2. The van der Waals surface area contributed by atoms with E-state index in [1.807, 2.05) is 30.3 Å². The first-order chi connectivity index (χ1) is 9.20. The van der Waals surface area contributed by atoms with Crippen molar-refractivity contribution >= 4 is 11.9 Å². The number of ether oxygens (including phenoxy) is 1. The van der Waals surface area contributed by atoms with Crippen LogP contribution in [0.25, 0.3) is 0 Å². The molecule has 0 aliphatic carbocycles. The molecule has 0 aromatic heterocycles. The lowest BCUT2D eigenvalue weighted by molar-refractivity contribution is -0.122. The summed E-state index contributed by atoms with van der Waals surface area (Å²) < 4.78 is 5.06. The van der Waals surface area contributed by atoms with Crippen molar-refractivity contribution in [2.75, 3.05) is 13.2 Å². The van der Waals surface area contributed by atoms with E-state index in [-0.39, 0.29) is 17.9 Å². The molecule has 1 aliphatic heterocycles. The van der Waals surface area contributed by atoms with Crippen LogP contribution in [0.5, 0.6) is 0 Å². The monoisotopic (exact) mass is 261 g/mol. The number of hydrogen-bond donors (Lipinski definition) is 0. The third-order valence-electron chi connectivity index (χ3n) is 3.35. The zero-order chi connectivity index (χ0) is 13.7. The lowest BCUT2D eigenvalue weighted by Gasteiger charge is -2.34. The topological polar surface area (TPSA) is 46.6 Å². The van der Waals surface area contributed by atoms with E-state index in [0.29, 0.717) is 32.4 Å². The second-order valence-corrected chi connectivity index (χ2v) is 4.73. The summed E-state index contributed by atoms with van der Waals surface area (Å²) >= 11 is 0. The molecule has 1 saturated heterocycles.